The Morgan fingerprint density at radius 3 is 1.71 bits per heavy atom. The van der Waals surface area contributed by atoms with Crippen LogP contribution in [0.2, 0.25) is 0 Å². The van der Waals surface area contributed by atoms with Gasteiger partial charge in [0.05, 0.1) is 5.56 Å². The van der Waals surface area contributed by atoms with E-state index in [9.17, 15) is 13.2 Å². The molecule has 2 aromatic rings. The van der Waals surface area contributed by atoms with Gasteiger partial charge in [0.2, 0.25) is 0 Å². The number of hydrogen-bond acceptors (Lipinski definition) is 1. The Hall–Kier alpha value is -1.81. The summed E-state index contributed by atoms with van der Waals surface area (Å²) in [5.74, 6) is -0.166. The Labute approximate surface area is 122 Å². The molecule has 0 bridgehead atoms. The summed E-state index contributed by atoms with van der Waals surface area (Å²) in [5, 5.41) is 0. The smallest absolute Gasteiger partial charge is 0.325 e. The SMILES string of the molecule is CC(C)(N)C(c1ccccc1)c1ccc(C(F)(F)F)cc1. The van der Waals surface area contributed by atoms with Crippen molar-refractivity contribution in [1.82, 2.24) is 0 Å². The standard InChI is InChI=1S/C17H18F3N/c1-16(2,21)15(12-6-4-3-5-7-12)13-8-10-14(11-9-13)17(18,19)20/h3-11,15H,21H2,1-2H3. The molecule has 0 radical (unpaired) electrons. The molecule has 0 aliphatic carbocycles. The predicted molar refractivity (Wildman–Crippen MR) is 78.0 cm³/mol. The molecule has 0 aromatic heterocycles. The van der Waals surface area contributed by atoms with E-state index in [0.29, 0.717) is 0 Å². The molecule has 0 spiro atoms. The van der Waals surface area contributed by atoms with E-state index in [1.807, 2.05) is 44.2 Å². The molecule has 2 N–H and O–H groups in total. The van der Waals surface area contributed by atoms with Crippen molar-refractivity contribution in [2.45, 2.75) is 31.5 Å². The minimum Gasteiger partial charge on any atom is -0.325 e. The van der Waals surface area contributed by atoms with Crippen molar-refractivity contribution in [3.8, 4) is 0 Å². The van der Waals surface area contributed by atoms with Crippen LogP contribution in [0.15, 0.2) is 54.6 Å². The first-order valence-corrected chi connectivity index (χ1v) is 6.70. The molecule has 0 fully saturated rings. The third kappa shape index (κ3) is 3.64. The Balaban J connectivity index is 2.44. The summed E-state index contributed by atoms with van der Waals surface area (Å²) in [6.07, 6.45) is -4.32. The molecule has 0 saturated heterocycles. The van der Waals surface area contributed by atoms with Gasteiger partial charge in [0.15, 0.2) is 0 Å². The Bertz CT molecular complexity index is 580. The minimum atomic E-state index is -4.32. The zero-order valence-corrected chi connectivity index (χ0v) is 12.0. The van der Waals surface area contributed by atoms with Gasteiger partial charge < -0.3 is 5.73 Å². The predicted octanol–water partition coefficient (Wildman–Crippen LogP) is 4.57. The summed E-state index contributed by atoms with van der Waals surface area (Å²) in [5.41, 5.74) is 6.79. The van der Waals surface area contributed by atoms with E-state index in [2.05, 4.69) is 0 Å². The van der Waals surface area contributed by atoms with Crippen molar-refractivity contribution in [2.75, 3.05) is 0 Å². The molecule has 2 rings (SSSR count). The number of alkyl halides is 3. The lowest BCUT2D eigenvalue weighted by molar-refractivity contribution is -0.137. The van der Waals surface area contributed by atoms with Crippen molar-refractivity contribution in [2.24, 2.45) is 5.73 Å². The third-order valence-electron chi connectivity index (χ3n) is 3.45. The van der Waals surface area contributed by atoms with Crippen molar-refractivity contribution in [3.05, 3.63) is 71.3 Å². The van der Waals surface area contributed by atoms with Crippen LogP contribution in [0.25, 0.3) is 0 Å². The van der Waals surface area contributed by atoms with E-state index in [1.54, 1.807) is 0 Å². The Kier molecular flexibility index (Phi) is 4.10. The molecule has 1 nitrogen and oxygen atoms in total. The maximum atomic E-state index is 12.7. The second-order valence-electron chi connectivity index (χ2n) is 5.78. The van der Waals surface area contributed by atoms with Gasteiger partial charge in [0, 0.05) is 11.5 Å². The number of rotatable bonds is 3. The molecular weight excluding hydrogens is 275 g/mol. The molecule has 2 aromatic carbocycles. The summed E-state index contributed by atoms with van der Waals surface area (Å²) in [4.78, 5) is 0. The molecule has 112 valence electrons. The summed E-state index contributed by atoms with van der Waals surface area (Å²) in [6.45, 7) is 3.75. The number of hydrogen-bond donors (Lipinski definition) is 1. The largest absolute Gasteiger partial charge is 0.416 e. The van der Waals surface area contributed by atoms with Gasteiger partial charge in [-0.3, -0.25) is 0 Å². The quantitative estimate of drug-likeness (QED) is 0.881. The van der Waals surface area contributed by atoms with Crippen LogP contribution in [-0.4, -0.2) is 5.54 Å². The van der Waals surface area contributed by atoms with Crippen LogP contribution >= 0.6 is 0 Å². The van der Waals surface area contributed by atoms with Crippen molar-refractivity contribution < 1.29 is 13.2 Å². The van der Waals surface area contributed by atoms with E-state index in [-0.39, 0.29) is 5.92 Å². The molecule has 0 aliphatic rings. The van der Waals surface area contributed by atoms with Crippen LogP contribution in [0.5, 0.6) is 0 Å². The molecule has 1 unspecified atom stereocenters. The topological polar surface area (TPSA) is 26.0 Å². The molecule has 0 amide bonds. The first kappa shape index (κ1) is 15.6. The van der Waals surface area contributed by atoms with Gasteiger partial charge in [-0.1, -0.05) is 42.5 Å². The fourth-order valence-electron chi connectivity index (χ4n) is 2.56. The molecule has 0 aliphatic heterocycles. The first-order chi connectivity index (χ1) is 9.69. The lowest BCUT2D eigenvalue weighted by Crippen LogP contribution is -2.39. The van der Waals surface area contributed by atoms with Crippen molar-refractivity contribution >= 4 is 0 Å². The first-order valence-electron chi connectivity index (χ1n) is 6.70. The number of halogens is 3. The van der Waals surface area contributed by atoms with E-state index in [0.717, 1.165) is 23.3 Å². The highest BCUT2D eigenvalue weighted by Crippen LogP contribution is 2.35. The average molecular weight is 293 g/mol. The fourth-order valence-corrected chi connectivity index (χ4v) is 2.56. The van der Waals surface area contributed by atoms with Crippen LogP contribution in [-0.2, 0) is 6.18 Å². The normalized spacial score (nSPS) is 14.0. The van der Waals surface area contributed by atoms with Crippen molar-refractivity contribution in [3.63, 3.8) is 0 Å². The van der Waals surface area contributed by atoms with Gasteiger partial charge in [-0.05, 0) is 37.1 Å². The van der Waals surface area contributed by atoms with E-state index in [1.165, 1.54) is 12.1 Å². The highest BCUT2D eigenvalue weighted by molar-refractivity contribution is 5.37. The zero-order chi connectivity index (χ0) is 15.7. The fraction of sp³-hybridized carbons (Fsp3) is 0.294. The molecule has 21 heavy (non-hydrogen) atoms. The van der Waals surface area contributed by atoms with Crippen LogP contribution in [0.4, 0.5) is 13.2 Å². The minimum absolute atomic E-state index is 0.166. The van der Waals surface area contributed by atoms with Crippen LogP contribution in [0, 0.1) is 0 Å². The maximum absolute atomic E-state index is 12.7. The second-order valence-corrected chi connectivity index (χ2v) is 5.78. The molecule has 0 heterocycles. The summed E-state index contributed by atoms with van der Waals surface area (Å²) < 4.78 is 38.0. The highest BCUT2D eigenvalue weighted by atomic mass is 19.4. The lowest BCUT2D eigenvalue weighted by Gasteiger charge is -2.31. The third-order valence-corrected chi connectivity index (χ3v) is 3.45. The Morgan fingerprint density at radius 1 is 0.810 bits per heavy atom. The van der Waals surface area contributed by atoms with Crippen molar-refractivity contribution in [1.29, 1.82) is 0 Å². The van der Waals surface area contributed by atoms with Gasteiger partial charge in [-0.25, -0.2) is 0 Å². The molecule has 4 heteroatoms. The van der Waals surface area contributed by atoms with Crippen LogP contribution in [0.3, 0.4) is 0 Å². The van der Waals surface area contributed by atoms with Gasteiger partial charge in [-0.15, -0.1) is 0 Å². The van der Waals surface area contributed by atoms with E-state index >= 15 is 0 Å². The molecule has 1 atom stereocenters. The summed E-state index contributed by atoms with van der Waals surface area (Å²) in [7, 11) is 0. The summed E-state index contributed by atoms with van der Waals surface area (Å²) in [6, 6.07) is 14.8. The van der Waals surface area contributed by atoms with E-state index < -0.39 is 17.3 Å². The zero-order valence-electron chi connectivity index (χ0n) is 12.0. The van der Waals surface area contributed by atoms with Crippen LogP contribution in [0.1, 0.15) is 36.5 Å². The highest BCUT2D eigenvalue weighted by Gasteiger charge is 2.32. The van der Waals surface area contributed by atoms with Gasteiger partial charge in [-0.2, -0.15) is 13.2 Å². The number of benzene rings is 2. The van der Waals surface area contributed by atoms with E-state index in [4.69, 9.17) is 5.73 Å². The van der Waals surface area contributed by atoms with Crippen LogP contribution < -0.4 is 5.73 Å². The molecular formula is C17H18F3N. The van der Waals surface area contributed by atoms with Gasteiger partial charge in [0.25, 0.3) is 0 Å². The second kappa shape index (κ2) is 5.53. The lowest BCUT2D eigenvalue weighted by atomic mass is 9.78. The van der Waals surface area contributed by atoms with Gasteiger partial charge >= 0.3 is 6.18 Å². The summed E-state index contributed by atoms with van der Waals surface area (Å²) >= 11 is 0. The Morgan fingerprint density at radius 2 is 1.29 bits per heavy atom. The maximum Gasteiger partial charge on any atom is 0.416 e. The average Bonchev–Trinajstić information content (AvgIpc) is 2.38. The van der Waals surface area contributed by atoms with Gasteiger partial charge in [0.1, 0.15) is 0 Å². The number of nitrogens with two attached hydrogens (primary N) is 1. The monoisotopic (exact) mass is 293 g/mol. The molecule has 0 saturated carbocycles.